The van der Waals surface area contributed by atoms with Crippen LogP contribution in [0.1, 0.15) is 41.0 Å². The van der Waals surface area contributed by atoms with Crippen molar-refractivity contribution in [3.63, 3.8) is 0 Å². The fourth-order valence-corrected chi connectivity index (χ4v) is 5.49. The SMILES string of the molecule is Cc1ccc(C(=O)NCc2cc3nc(-c4cccc(N5C[C@@H](C)O[C@@H](C)C5)n4)ccc3cn2)cc1C1(O)CNC1. The Kier molecular flexibility index (Phi) is 6.95. The van der Waals surface area contributed by atoms with Gasteiger partial charge in [-0.25, -0.2) is 9.97 Å². The van der Waals surface area contributed by atoms with E-state index < -0.39 is 5.60 Å². The Morgan fingerprint density at radius 2 is 1.85 bits per heavy atom. The largest absolute Gasteiger partial charge is 0.382 e. The molecule has 5 heterocycles. The zero-order valence-electron chi connectivity index (χ0n) is 23.0. The topological polar surface area (TPSA) is 113 Å². The van der Waals surface area contributed by atoms with Crippen LogP contribution in [-0.2, 0) is 16.9 Å². The van der Waals surface area contributed by atoms with Gasteiger partial charge >= 0.3 is 0 Å². The molecule has 0 bridgehead atoms. The monoisotopic (exact) mass is 538 g/mol. The zero-order chi connectivity index (χ0) is 27.9. The van der Waals surface area contributed by atoms with Gasteiger partial charge in [0.05, 0.1) is 41.4 Å². The van der Waals surface area contributed by atoms with Crippen LogP contribution in [0.4, 0.5) is 5.82 Å². The number of aliphatic hydroxyl groups is 1. The van der Waals surface area contributed by atoms with E-state index in [1.807, 2.05) is 49.4 Å². The maximum Gasteiger partial charge on any atom is 0.251 e. The van der Waals surface area contributed by atoms with Gasteiger partial charge in [-0.05, 0) is 74.4 Å². The summed E-state index contributed by atoms with van der Waals surface area (Å²) in [5.41, 5.74) is 4.42. The number of nitrogens with zero attached hydrogens (tertiary/aromatic N) is 4. The first kappa shape index (κ1) is 26.3. The lowest BCUT2D eigenvalue weighted by atomic mass is 9.84. The quantitative estimate of drug-likeness (QED) is 0.343. The Bertz CT molecular complexity index is 1560. The second kappa shape index (κ2) is 10.6. The van der Waals surface area contributed by atoms with Gasteiger partial charge in [-0.15, -0.1) is 0 Å². The number of morpholine rings is 1. The molecule has 3 N–H and O–H groups in total. The highest BCUT2D eigenvalue weighted by atomic mass is 16.5. The number of nitrogens with one attached hydrogen (secondary N) is 2. The predicted octanol–water partition coefficient (Wildman–Crippen LogP) is 3.33. The molecule has 2 atom stereocenters. The summed E-state index contributed by atoms with van der Waals surface area (Å²) < 4.78 is 5.88. The van der Waals surface area contributed by atoms with Crippen LogP contribution in [0.2, 0.25) is 0 Å². The Hall–Kier alpha value is -3.92. The molecule has 2 saturated heterocycles. The van der Waals surface area contributed by atoms with Crippen LogP contribution in [0, 0.1) is 6.92 Å². The molecule has 2 aliphatic heterocycles. The smallest absolute Gasteiger partial charge is 0.251 e. The average molecular weight is 539 g/mol. The summed E-state index contributed by atoms with van der Waals surface area (Å²) in [4.78, 5) is 29.5. The molecule has 4 aromatic rings. The Morgan fingerprint density at radius 3 is 2.60 bits per heavy atom. The maximum atomic E-state index is 12.9. The van der Waals surface area contributed by atoms with Gasteiger partial charge in [-0.1, -0.05) is 12.1 Å². The number of hydrogen-bond donors (Lipinski definition) is 3. The van der Waals surface area contributed by atoms with Gasteiger partial charge in [0.15, 0.2) is 0 Å². The van der Waals surface area contributed by atoms with Crippen molar-refractivity contribution in [2.75, 3.05) is 31.1 Å². The van der Waals surface area contributed by atoms with Crippen LogP contribution in [0.5, 0.6) is 0 Å². The number of carbonyl (C=O) groups is 1. The van der Waals surface area contributed by atoms with E-state index in [9.17, 15) is 9.90 Å². The van der Waals surface area contributed by atoms with E-state index in [1.165, 1.54) is 0 Å². The summed E-state index contributed by atoms with van der Waals surface area (Å²) in [5.74, 6) is 0.702. The van der Waals surface area contributed by atoms with Crippen LogP contribution in [-0.4, -0.2) is 64.4 Å². The van der Waals surface area contributed by atoms with Crippen molar-refractivity contribution in [2.45, 2.75) is 45.1 Å². The molecule has 9 heteroatoms. The van der Waals surface area contributed by atoms with E-state index in [4.69, 9.17) is 14.7 Å². The van der Waals surface area contributed by atoms with Crippen LogP contribution in [0.15, 0.2) is 60.8 Å². The van der Waals surface area contributed by atoms with Crippen LogP contribution < -0.4 is 15.5 Å². The number of benzene rings is 1. The molecule has 206 valence electrons. The molecule has 2 fully saturated rings. The van der Waals surface area contributed by atoms with Crippen LogP contribution >= 0.6 is 0 Å². The Labute approximate surface area is 233 Å². The molecule has 1 amide bonds. The van der Waals surface area contributed by atoms with Gasteiger partial charge in [0.2, 0.25) is 0 Å². The number of fused-ring (bicyclic) bond motifs is 1. The summed E-state index contributed by atoms with van der Waals surface area (Å²) in [6.45, 7) is 8.95. The van der Waals surface area contributed by atoms with Gasteiger partial charge in [-0.3, -0.25) is 9.78 Å². The second-order valence-electron chi connectivity index (χ2n) is 11.0. The fraction of sp³-hybridized carbons (Fsp3) is 0.355. The Balaban J connectivity index is 1.18. The standard InChI is InChI=1S/C31H34N6O3/c1-19-7-8-22(11-25(19)31(39)17-32-18-31)30(38)34-14-24-12-28-23(13-33-24)9-10-27(35-28)26-5-4-6-29(36-26)37-15-20(2)40-21(3)16-37/h4-13,20-21,32,39H,14-18H2,1-3H3,(H,34,38)/t20-,21+. The Morgan fingerprint density at radius 1 is 1.07 bits per heavy atom. The van der Waals surface area contributed by atoms with E-state index >= 15 is 0 Å². The number of aromatic nitrogens is 3. The number of hydrogen-bond acceptors (Lipinski definition) is 8. The normalized spacial score (nSPS) is 20.2. The molecule has 0 radical (unpaired) electrons. The predicted molar refractivity (Wildman–Crippen MR) is 154 cm³/mol. The van der Waals surface area contributed by atoms with E-state index in [0.717, 1.165) is 52.3 Å². The molecule has 3 aromatic heterocycles. The molecule has 6 rings (SSSR count). The molecule has 40 heavy (non-hydrogen) atoms. The lowest BCUT2D eigenvalue weighted by Gasteiger charge is -2.39. The van der Waals surface area contributed by atoms with Gasteiger partial charge in [-0.2, -0.15) is 0 Å². The van der Waals surface area contributed by atoms with Crippen molar-refractivity contribution >= 4 is 22.6 Å². The van der Waals surface area contributed by atoms with Crippen LogP contribution in [0.3, 0.4) is 0 Å². The lowest BCUT2D eigenvalue weighted by molar-refractivity contribution is -0.0152. The second-order valence-corrected chi connectivity index (χ2v) is 11.0. The van der Waals surface area contributed by atoms with Crippen LogP contribution in [0.25, 0.3) is 22.3 Å². The highest BCUT2D eigenvalue weighted by Crippen LogP contribution is 2.29. The first-order valence-corrected chi connectivity index (χ1v) is 13.7. The number of amides is 1. The van der Waals surface area contributed by atoms with Crippen molar-refractivity contribution in [1.29, 1.82) is 0 Å². The number of anilines is 1. The third-order valence-corrected chi connectivity index (χ3v) is 7.64. The number of ether oxygens (including phenoxy) is 1. The third-order valence-electron chi connectivity index (χ3n) is 7.64. The summed E-state index contributed by atoms with van der Waals surface area (Å²) in [5, 5.41) is 17.7. The molecule has 0 spiro atoms. The van der Waals surface area contributed by atoms with Gasteiger partial charge in [0.25, 0.3) is 5.91 Å². The molecule has 0 aliphatic carbocycles. The van der Waals surface area contributed by atoms with Crippen molar-refractivity contribution in [3.05, 3.63) is 83.2 Å². The summed E-state index contributed by atoms with van der Waals surface area (Å²) in [6, 6.07) is 17.3. The van der Waals surface area contributed by atoms with Crippen molar-refractivity contribution < 1.29 is 14.6 Å². The molecular weight excluding hydrogens is 504 g/mol. The lowest BCUT2D eigenvalue weighted by Crippen LogP contribution is -2.57. The fourth-order valence-electron chi connectivity index (χ4n) is 5.49. The molecule has 2 aliphatic rings. The minimum atomic E-state index is -0.920. The molecule has 0 saturated carbocycles. The molecular formula is C31H34N6O3. The van der Waals surface area contributed by atoms with Crippen molar-refractivity contribution in [3.8, 4) is 11.4 Å². The first-order valence-electron chi connectivity index (χ1n) is 13.7. The average Bonchev–Trinajstić information content (AvgIpc) is 2.94. The number of pyridine rings is 3. The third kappa shape index (κ3) is 5.28. The summed E-state index contributed by atoms with van der Waals surface area (Å²) in [6.07, 6.45) is 2.08. The number of carbonyl (C=O) groups excluding carboxylic acids is 1. The zero-order valence-corrected chi connectivity index (χ0v) is 23.0. The highest BCUT2D eigenvalue weighted by molar-refractivity contribution is 5.94. The van der Waals surface area contributed by atoms with Gasteiger partial charge in [0, 0.05) is 43.3 Å². The molecule has 9 nitrogen and oxygen atoms in total. The summed E-state index contributed by atoms with van der Waals surface area (Å²) in [7, 11) is 0. The van der Waals surface area contributed by atoms with Gasteiger partial charge < -0.3 is 25.4 Å². The summed E-state index contributed by atoms with van der Waals surface area (Å²) >= 11 is 0. The number of rotatable bonds is 6. The highest BCUT2D eigenvalue weighted by Gasteiger charge is 2.37. The van der Waals surface area contributed by atoms with Crippen molar-refractivity contribution in [1.82, 2.24) is 25.6 Å². The van der Waals surface area contributed by atoms with E-state index in [1.54, 1.807) is 18.3 Å². The van der Waals surface area contributed by atoms with Gasteiger partial charge in [0.1, 0.15) is 11.4 Å². The number of aryl methyl sites for hydroxylation is 1. The molecule has 1 aromatic carbocycles. The minimum Gasteiger partial charge on any atom is -0.382 e. The van der Waals surface area contributed by atoms with Crippen molar-refractivity contribution in [2.24, 2.45) is 0 Å². The first-order chi connectivity index (χ1) is 19.3. The van der Waals surface area contributed by atoms with E-state index in [-0.39, 0.29) is 24.7 Å². The van der Waals surface area contributed by atoms with E-state index in [0.29, 0.717) is 24.3 Å². The number of β-amino-alcohol motifs (C(OH)–C–C–N with tert-alkyl or cyclic N) is 1. The van der Waals surface area contributed by atoms with E-state index in [2.05, 4.69) is 34.4 Å². The maximum absolute atomic E-state index is 12.9. The molecule has 0 unspecified atom stereocenters. The minimum absolute atomic E-state index is 0.152.